The molecular formula is C17H23N3O7S2. The van der Waals surface area contributed by atoms with Crippen LogP contribution in [-0.4, -0.2) is 57.4 Å². The third-order valence-electron chi connectivity index (χ3n) is 4.92. The van der Waals surface area contributed by atoms with Gasteiger partial charge in [0.25, 0.3) is 21.8 Å². The highest BCUT2D eigenvalue weighted by atomic mass is 32.2. The maximum absolute atomic E-state index is 12.7. The lowest BCUT2D eigenvalue weighted by Crippen LogP contribution is -2.47. The van der Waals surface area contributed by atoms with Crippen molar-refractivity contribution in [2.45, 2.75) is 50.2 Å². The second-order valence-corrected chi connectivity index (χ2v) is 10.7. The van der Waals surface area contributed by atoms with Crippen molar-refractivity contribution in [1.29, 1.82) is 0 Å². The standard InChI is InChI=1S/C17H23N3O7S2/c1-3-14-17(22)18-12-10-11(7-8-15(12)27-14)29(25,26)19-16(21)13-6-5-9-20(13)28(23,24)4-2/h7-8,10,13-14H,3-6,9H2,1-2H3,(H,18,22)(H,19,21)/t13-,14+/m0/s1. The topological polar surface area (TPSA) is 139 Å². The Kier molecular flexibility index (Phi) is 5.88. The molecule has 0 radical (unpaired) electrons. The van der Waals surface area contributed by atoms with E-state index in [9.17, 15) is 26.4 Å². The number of benzene rings is 1. The van der Waals surface area contributed by atoms with Gasteiger partial charge in [0.05, 0.1) is 16.3 Å². The van der Waals surface area contributed by atoms with Gasteiger partial charge in [0.1, 0.15) is 11.8 Å². The molecule has 2 amide bonds. The molecule has 2 aliphatic rings. The number of fused-ring (bicyclic) bond motifs is 1. The van der Waals surface area contributed by atoms with E-state index in [4.69, 9.17) is 4.74 Å². The number of carbonyl (C=O) groups excluding carboxylic acids is 2. The molecule has 1 aromatic rings. The van der Waals surface area contributed by atoms with Crippen LogP contribution in [-0.2, 0) is 29.6 Å². The fourth-order valence-electron chi connectivity index (χ4n) is 3.33. The number of nitrogens with zero attached hydrogens (tertiary/aromatic N) is 1. The Balaban J connectivity index is 1.81. The molecule has 160 valence electrons. The van der Waals surface area contributed by atoms with E-state index >= 15 is 0 Å². The third kappa shape index (κ3) is 4.23. The van der Waals surface area contributed by atoms with E-state index in [2.05, 4.69) is 5.32 Å². The largest absolute Gasteiger partial charge is 0.478 e. The highest BCUT2D eigenvalue weighted by Gasteiger charge is 2.39. The summed E-state index contributed by atoms with van der Waals surface area (Å²) in [6.45, 7) is 3.43. The molecule has 0 aromatic heterocycles. The van der Waals surface area contributed by atoms with Crippen LogP contribution in [0.4, 0.5) is 5.69 Å². The zero-order chi connectivity index (χ0) is 21.4. The van der Waals surface area contributed by atoms with Crippen LogP contribution in [0.5, 0.6) is 5.75 Å². The summed E-state index contributed by atoms with van der Waals surface area (Å²) in [7, 11) is -7.90. The number of nitrogens with one attached hydrogen (secondary N) is 2. The molecule has 2 aliphatic heterocycles. The molecule has 1 fully saturated rings. The number of sulfonamides is 2. The van der Waals surface area contributed by atoms with Gasteiger partial charge in [0.2, 0.25) is 10.0 Å². The molecule has 0 bridgehead atoms. The predicted molar refractivity (Wildman–Crippen MR) is 104 cm³/mol. The quantitative estimate of drug-likeness (QED) is 0.647. The van der Waals surface area contributed by atoms with Gasteiger partial charge >= 0.3 is 0 Å². The monoisotopic (exact) mass is 445 g/mol. The Morgan fingerprint density at radius 3 is 2.66 bits per heavy atom. The summed E-state index contributed by atoms with van der Waals surface area (Å²) >= 11 is 0. The number of rotatable bonds is 6. The first-order valence-electron chi connectivity index (χ1n) is 9.26. The molecule has 2 atom stereocenters. The Bertz CT molecular complexity index is 1040. The number of anilines is 1. The van der Waals surface area contributed by atoms with Crippen molar-refractivity contribution in [3.05, 3.63) is 18.2 Å². The number of carbonyl (C=O) groups is 2. The Morgan fingerprint density at radius 1 is 1.28 bits per heavy atom. The van der Waals surface area contributed by atoms with E-state index in [0.29, 0.717) is 18.6 Å². The normalized spacial score (nSPS) is 22.5. The lowest BCUT2D eigenvalue weighted by molar-refractivity contribution is -0.124. The third-order valence-corrected chi connectivity index (χ3v) is 8.14. The smallest absolute Gasteiger partial charge is 0.265 e. The van der Waals surface area contributed by atoms with E-state index in [1.165, 1.54) is 25.1 Å². The fourth-order valence-corrected chi connectivity index (χ4v) is 5.69. The van der Waals surface area contributed by atoms with Crippen LogP contribution in [0.2, 0.25) is 0 Å². The number of ether oxygens (including phenoxy) is 1. The summed E-state index contributed by atoms with van der Waals surface area (Å²) in [6.07, 6.45) is 0.518. The van der Waals surface area contributed by atoms with Gasteiger partial charge in [-0.1, -0.05) is 6.92 Å². The maximum Gasteiger partial charge on any atom is 0.265 e. The molecule has 2 heterocycles. The van der Waals surface area contributed by atoms with Crippen molar-refractivity contribution in [2.75, 3.05) is 17.6 Å². The van der Waals surface area contributed by atoms with Crippen LogP contribution in [0.15, 0.2) is 23.1 Å². The molecule has 0 aliphatic carbocycles. The molecule has 1 saturated heterocycles. The first-order chi connectivity index (χ1) is 13.6. The lowest BCUT2D eigenvalue weighted by atomic mass is 10.2. The van der Waals surface area contributed by atoms with Crippen LogP contribution in [0.1, 0.15) is 33.1 Å². The highest BCUT2D eigenvalue weighted by Crippen LogP contribution is 2.32. The minimum Gasteiger partial charge on any atom is -0.478 e. The molecule has 2 N–H and O–H groups in total. The van der Waals surface area contributed by atoms with Gasteiger partial charge in [-0.3, -0.25) is 9.59 Å². The average Bonchev–Trinajstić information content (AvgIpc) is 3.17. The molecular weight excluding hydrogens is 422 g/mol. The van der Waals surface area contributed by atoms with Gasteiger partial charge < -0.3 is 10.1 Å². The molecule has 3 rings (SSSR count). The first-order valence-corrected chi connectivity index (χ1v) is 12.4. The molecule has 1 aromatic carbocycles. The van der Waals surface area contributed by atoms with Crippen LogP contribution >= 0.6 is 0 Å². The van der Waals surface area contributed by atoms with Gasteiger partial charge in [0, 0.05) is 6.54 Å². The second-order valence-electron chi connectivity index (χ2n) is 6.80. The van der Waals surface area contributed by atoms with Crippen molar-refractivity contribution in [3.63, 3.8) is 0 Å². The number of amides is 2. The summed E-state index contributed by atoms with van der Waals surface area (Å²) in [5, 5.41) is 2.59. The zero-order valence-electron chi connectivity index (χ0n) is 16.0. The minimum absolute atomic E-state index is 0.174. The van der Waals surface area contributed by atoms with E-state index in [1.54, 1.807) is 6.92 Å². The van der Waals surface area contributed by atoms with Gasteiger partial charge in [-0.15, -0.1) is 0 Å². The Labute approximate surface area is 169 Å². The van der Waals surface area contributed by atoms with Crippen LogP contribution in [0, 0.1) is 0 Å². The van der Waals surface area contributed by atoms with Crippen LogP contribution < -0.4 is 14.8 Å². The summed E-state index contributed by atoms with van der Waals surface area (Å²) in [6, 6.07) is 2.79. The number of hydrogen-bond acceptors (Lipinski definition) is 7. The highest BCUT2D eigenvalue weighted by molar-refractivity contribution is 7.90. The van der Waals surface area contributed by atoms with Gasteiger partial charge in [0.15, 0.2) is 6.10 Å². The summed E-state index contributed by atoms with van der Waals surface area (Å²) in [5.41, 5.74) is 0.186. The van der Waals surface area contributed by atoms with E-state index in [-0.39, 0.29) is 35.2 Å². The van der Waals surface area contributed by atoms with Gasteiger partial charge in [-0.2, -0.15) is 4.31 Å². The summed E-state index contributed by atoms with van der Waals surface area (Å²) < 4.78 is 58.1. The Morgan fingerprint density at radius 2 is 2.00 bits per heavy atom. The van der Waals surface area contributed by atoms with Crippen LogP contribution in [0.3, 0.4) is 0 Å². The summed E-state index contributed by atoms with van der Waals surface area (Å²) in [5.74, 6) is -1.13. The van der Waals surface area contributed by atoms with Crippen molar-refractivity contribution in [3.8, 4) is 5.75 Å². The predicted octanol–water partition coefficient (Wildman–Crippen LogP) is 0.415. The average molecular weight is 446 g/mol. The van der Waals surface area contributed by atoms with Gasteiger partial charge in [-0.25, -0.2) is 21.6 Å². The van der Waals surface area contributed by atoms with Crippen molar-refractivity contribution < 1.29 is 31.2 Å². The van der Waals surface area contributed by atoms with Crippen molar-refractivity contribution in [2.24, 2.45) is 0 Å². The number of hydrogen-bond donors (Lipinski definition) is 2. The van der Waals surface area contributed by atoms with Crippen molar-refractivity contribution >= 4 is 37.5 Å². The molecule has 29 heavy (non-hydrogen) atoms. The molecule has 0 spiro atoms. The molecule has 12 heteroatoms. The SMILES string of the molecule is CC[C@H]1Oc2ccc(S(=O)(=O)NC(=O)[C@@H]3CCCN3S(=O)(=O)CC)cc2NC1=O. The Hall–Kier alpha value is -2.18. The maximum atomic E-state index is 12.7. The lowest BCUT2D eigenvalue weighted by Gasteiger charge is -2.25. The fraction of sp³-hybridized carbons (Fsp3) is 0.529. The van der Waals surface area contributed by atoms with Crippen LogP contribution in [0.25, 0.3) is 0 Å². The molecule has 0 saturated carbocycles. The van der Waals surface area contributed by atoms with E-state index in [0.717, 1.165) is 4.31 Å². The zero-order valence-corrected chi connectivity index (χ0v) is 17.7. The summed E-state index contributed by atoms with van der Waals surface area (Å²) in [4.78, 5) is 24.2. The van der Waals surface area contributed by atoms with Crippen molar-refractivity contribution in [1.82, 2.24) is 9.03 Å². The van der Waals surface area contributed by atoms with E-state index < -0.39 is 38.1 Å². The molecule has 0 unspecified atom stereocenters. The second kappa shape index (κ2) is 7.92. The minimum atomic E-state index is -4.27. The first kappa shape index (κ1) is 21.5. The van der Waals surface area contributed by atoms with E-state index in [1.807, 2.05) is 4.72 Å². The molecule has 10 nitrogen and oxygen atoms in total. The van der Waals surface area contributed by atoms with Gasteiger partial charge in [-0.05, 0) is 44.4 Å².